The molecule has 0 radical (unpaired) electrons. The number of nitrogens with one attached hydrogen (secondary N) is 1. The summed E-state index contributed by atoms with van der Waals surface area (Å²) in [6.07, 6.45) is 2.86. The van der Waals surface area contributed by atoms with E-state index in [0.29, 0.717) is 0 Å². The van der Waals surface area contributed by atoms with Gasteiger partial charge < -0.3 is 19.5 Å². The maximum atomic E-state index is 12.3. The minimum absolute atomic E-state index is 0.0782. The monoisotopic (exact) mass is 350 g/mol. The van der Waals surface area contributed by atoms with Gasteiger partial charge in [-0.1, -0.05) is 12.8 Å². The van der Waals surface area contributed by atoms with Crippen molar-refractivity contribution in [2.45, 2.75) is 44.8 Å². The standard InChI is InChI=1S/C16H18N2O7/c1-9(15(19)17-10-4-2-3-5-10)25-16(20)11-6-13-14(24-8-23-13)7-12(11)18(21)22/h6-7,9-10H,2-5,8H2,1H3,(H,17,19)/t9-/m1/s1. The SMILES string of the molecule is C[C@@H](OC(=O)c1cc2c(cc1[N+](=O)[O-])OCO2)C(=O)NC1CCCC1. The average Bonchev–Trinajstić information content (AvgIpc) is 3.23. The van der Waals surface area contributed by atoms with Gasteiger partial charge in [-0.05, 0) is 19.8 Å². The Kier molecular flexibility index (Phi) is 4.73. The van der Waals surface area contributed by atoms with Crippen molar-refractivity contribution in [3.63, 3.8) is 0 Å². The maximum absolute atomic E-state index is 12.3. The average molecular weight is 350 g/mol. The van der Waals surface area contributed by atoms with Crippen LogP contribution in [0.25, 0.3) is 0 Å². The Morgan fingerprint density at radius 1 is 1.28 bits per heavy atom. The van der Waals surface area contributed by atoms with Gasteiger partial charge in [0.25, 0.3) is 11.6 Å². The van der Waals surface area contributed by atoms with Gasteiger partial charge in [0.05, 0.1) is 11.0 Å². The summed E-state index contributed by atoms with van der Waals surface area (Å²) >= 11 is 0. The zero-order chi connectivity index (χ0) is 18.0. The number of nitro groups is 1. The van der Waals surface area contributed by atoms with Gasteiger partial charge in [-0.3, -0.25) is 14.9 Å². The molecule has 0 saturated heterocycles. The minimum Gasteiger partial charge on any atom is -0.454 e. The van der Waals surface area contributed by atoms with Gasteiger partial charge in [-0.15, -0.1) is 0 Å². The summed E-state index contributed by atoms with van der Waals surface area (Å²) in [5, 5.41) is 14.0. The number of fused-ring (bicyclic) bond motifs is 1. The molecule has 1 fully saturated rings. The van der Waals surface area contributed by atoms with Crippen LogP contribution in [0, 0.1) is 10.1 Å². The molecule has 1 N–H and O–H groups in total. The fourth-order valence-electron chi connectivity index (χ4n) is 2.91. The molecule has 1 atom stereocenters. The predicted octanol–water partition coefficient (Wildman–Crippen LogP) is 1.93. The lowest BCUT2D eigenvalue weighted by Gasteiger charge is -2.17. The number of esters is 1. The molecule has 1 aromatic rings. The van der Waals surface area contributed by atoms with Crippen LogP contribution >= 0.6 is 0 Å². The van der Waals surface area contributed by atoms with Crippen molar-refractivity contribution in [2.75, 3.05) is 6.79 Å². The van der Waals surface area contributed by atoms with Gasteiger partial charge in [-0.2, -0.15) is 0 Å². The second-order valence-electron chi connectivity index (χ2n) is 6.02. The van der Waals surface area contributed by atoms with Gasteiger partial charge in [-0.25, -0.2) is 4.79 Å². The molecule has 25 heavy (non-hydrogen) atoms. The summed E-state index contributed by atoms with van der Waals surface area (Å²) in [6, 6.07) is 2.40. The molecule has 1 aliphatic heterocycles. The molecular weight excluding hydrogens is 332 g/mol. The van der Waals surface area contributed by atoms with Crippen molar-refractivity contribution in [1.29, 1.82) is 0 Å². The van der Waals surface area contributed by atoms with E-state index in [0.717, 1.165) is 31.7 Å². The summed E-state index contributed by atoms with van der Waals surface area (Å²) < 4.78 is 15.3. The van der Waals surface area contributed by atoms with Gasteiger partial charge in [0.15, 0.2) is 17.6 Å². The first kappa shape index (κ1) is 17.0. The zero-order valence-corrected chi connectivity index (χ0v) is 13.6. The largest absolute Gasteiger partial charge is 0.454 e. The number of benzene rings is 1. The van der Waals surface area contributed by atoms with Crippen LogP contribution in [-0.4, -0.2) is 35.7 Å². The van der Waals surface area contributed by atoms with Crippen LogP contribution in [0.5, 0.6) is 11.5 Å². The number of rotatable bonds is 5. The molecule has 9 heteroatoms. The van der Waals surface area contributed by atoms with Gasteiger partial charge in [0.1, 0.15) is 5.56 Å². The van der Waals surface area contributed by atoms with E-state index < -0.39 is 28.6 Å². The number of amides is 1. The predicted molar refractivity (Wildman–Crippen MR) is 84.5 cm³/mol. The number of ether oxygens (including phenoxy) is 3. The maximum Gasteiger partial charge on any atom is 0.346 e. The van der Waals surface area contributed by atoms with E-state index in [1.807, 2.05) is 0 Å². The Balaban J connectivity index is 1.72. The zero-order valence-electron chi connectivity index (χ0n) is 13.6. The van der Waals surface area contributed by atoms with Crippen molar-refractivity contribution >= 4 is 17.6 Å². The minimum atomic E-state index is -1.06. The molecule has 0 unspecified atom stereocenters. The first-order valence-corrected chi connectivity index (χ1v) is 8.05. The first-order valence-electron chi connectivity index (χ1n) is 8.05. The molecule has 9 nitrogen and oxygen atoms in total. The molecule has 1 amide bonds. The second kappa shape index (κ2) is 6.96. The van der Waals surface area contributed by atoms with Crippen LogP contribution in [0.15, 0.2) is 12.1 Å². The van der Waals surface area contributed by atoms with E-state index in [1.165, 1.54) is 13.0 Å². The second-order valence-corrected chi connectivity index (χ2v) is 6.02. The summed E-state index contributed by atoms with van der Waals surface area (Å²) in [6.45, 7) is 1.35. The third kappa shape index (κ3) is 3.65. The summed E-state index contributed by atoms with van der Waals surface area (Å²) in [5.41, 5.74) is -0.743. The van der Waals surface area contributed by atoms with Crippen molar-refractivity contribution in [3.05, 3.63) is 27.8 Å². The number of hydrogen-bond acceptors (Lipinski definition) is 7. The summed E-state index contributed by atoms with van der Waals surface area (Å²) in [7, 11) is 0. The number of nitro benzene ring substituents is 1. The number of carbonyl (C=O) groups excluding carboxylic acids is 2. The lowest BCUT2D eigenvalue weighted by molar-refractivity contribution is -0.385. The first-order chi connectivity index (χ1) is 12.0. The van der Waals surface area contributed by atoms with Crippen LogP contribution in [-0.2, 0) is 9.53 Å². The van der Waals surface area contributed by atoms with Gasteiger partial charge in [0.2, 0.25) is 6.79 Å². The quantitative estimate of drug-likeness (QED) is 0.490. The van der Waals surface area contributed by atoms with Crippen LogP contribution in [0.1, 0.15) is 43.0 Å². The molecular formula is C16H18N2O7. The molecule has 2 aliphatic rings. The van der Waals surface area contributed by atoms with Gasteiger partial charge in [0, 0.05) is 12.1 Å². The fraction of sp³-hybridized carbons (Fsp3) is 0.500. The summed E-state index contributed by atoms with van der Waals surface area (Å²) in [4.78, 5) is 34.9. The molecule has 0 spiro atoms. The molecule has 3 rings (SSSR count). The molecule has 0 bridgehead atoms. The topological polar surface area (TPSA) is 117 Å². The summed E-state index contributed by atoms with van der Waals surface area (Å²) in [5.74, 6) is -0.960. The molecule has 134 valence electrons. The van der Waals surface area contributed by atoms with Crippen LogP contribution in [0.4, 0.5) is 5.69 Å². The molecule has 1 aromatic carbocycles. The van der Waals surface area contributed by atoms with Crippen molar-refractivity contribution < 1.29 is 28.7 Å². The lowest BCUT2D eigenvalue weighted by Crippen LogP contribution is -2.40. The molecule has 1 aliphatic carbocycles. The highest BCUT2D eigenvalue weighted by Crippen LogP contribution is 2.38. The Bertz CT molecular complexity index is 713. The van der Waals surface area contributed by atoms with E-state index >= 15 is 0 Å². The van der Waals surface area contributed by atoms with Crippen LogP contribution < -0.4 is 14.8 Å². The van der Waals surface area contributed by atoms with Crippen molar-refractivity contribution in [2.24, 2.45) is 0 Å². The Labute approximate surface area is 143 Å². The third-order valence-electron chi connectivity index (χ3n) is 4.26. The van der Waals surface area contributed by atoms with E-state index in [9.17, 15) is 19.7 Å². The normalized spacial score (nSPS) is 17.2. The lowest BCUT2D eigenvalue weighted by atomic mass is 10.1. The Morgan fingerprint density at radius 3 is 2.56 bits per heavy atom. The van der Waals surface area contributed by atoms with Crippen molar-refractivity contribution in [3.8, 4) is 11.5 Å². The van der Waals surface area contributed by atoms with Crippen LogP contribution in [0.2, 0.25) is 0 Å². The molecule has 0 aromatic heterocycles. The number of hydrogen-bond donors (Lipinski definition) is 1. The van der Waals surface area contributed by atoms with Gasteiger partial charge >= 0.3 is 5.97 Å². The number of nitrogens with zero attached hydrogens (tertiary/aromatic N) is 1. The van der Waals surface area contributed by atoms with E-state index in [2.05, 4.69) is 5.32 Å². The number of carbonyl (C=O) groups is 2. The van der Waals surface area contributed by atoms with Crippen LogP contribution in [0.3, 0.4) is 0 Å². The fourth-order valence-corrected chi connectivity index (χ4v) is 2.91. The smallest absolute Gasteiger partial charge is 0.346 e. The molecule has 1 heterocycles. The van der Waals surface area contributed by atoms with E-state index in [-0.39, 0.29) is 29.9 Å². The Morgan fingerprint density at radius 2 is 1.92 bits per heavy atom. The highest BCUT2D eigenvalue weighted by atomic mass is 16.7. The highest BCUT2D eigenvalue weighted by Gasteiger charge is 2.30. The van der Waals surface area contributed by atoms with E-state index in [4.69, 9.17) is 14.2 Å². The molecule has 1 saturated carbocycles. The Hall–Kier alpha value is -2.84. The third-order valence-corrected chi connectivity index (χ3v) is 4.26. The highest BCUT2D eigenvalue weighted by molar-refractivity contribution is 5.96. The van der Waals surface area contributed by atoms with E-state index in [1.54, 1.807) is 0 Å². The van der Waals surface area contributed by atoms with Crippen molar-refractivity contribution in [1.82, 2.24) is 5.32 Å².